The molecule has 0 aromatic heterocycles. The van der Waals surface area contributed by atoms with E-state index in [9.17, 15) is 9.59 Å². The lowest BCUT2D eigenvalue weighted by Crippen LogP contribution is -2.48. The molecule has 106 valence electrons. The third-order valence-electron chi connectivity index (χ3n) is 2.82. The first-order chi connectivity index (χ1) is 8.51. The number of nitrogens with one attached hydrogen (secondary N) is 2. The molecule has 0 aliphatic heterocycles. The van der Waals surface area contributed by atoms with Gasteiger partial charge in [0.2, 0.25) is 0 Å². The lowest BCUT2D eigenvalue weighted by Gasteiger charge is -2.18. The van der Waals surface area contributed by atoms with Crippen LogP contribution >= 0.6 is 0 Å². The first-order valence-corrected chi connectivity index (χ1v) is 6.81. The molecule has 0 aliphatic carbocycles. The van der Waals surface area contributed by atoms with Gasteiger partial charge in [-0.05, 0) is 19.8 Å². The lowest BCUT2D eigenvalue weighted by atomic mass is 10.1. The molecule has 0 radical (unpaired) electrons. The predicted molar refractivity (Wildman–Crippen MR) is 71.6 cm³/mol. The van der Waals surface area contributed by atoms with Crippen LogP contribution in [-0.4, -0.2) is 29.2 Å². The third kappa shape index (κ3) is 7.92. The first kappa shape index (κ1) is 16.7. The molecule has 2 unspecified atom stereocenters. The molecule has 5 heteroatoms. The zero-order valence-corrected chi connectivity index (χ0v) is 11.7. The maximum absolute atomic E-state index is 11.6. The summed E-state index contributed by atoms with van der Waals surface area (Å²) < 4.78 is 0. The van der Waals surface area contributed by atoms with Gasteiger partial charge in [0, 0.05) is 6.04 Å². The van der Waals surface area contributed by atoms with Crippen molar-refractivity contribution in [2.24, 2.45) is 0 Å². The fourth-order valence-corrected chi connectivity index (χ4v) is 1.67. The number of hydrogen-bond acceptors (Lipinski definition) is 2. The van der Waals surface area contributed by atoms with E-state index < -0.39 is 12.0 Å². The second-order valence-electron chi connectivity index (χ2n) is 4.69. The van der Waals surface area contributed by atoms with Gasteiger partial charge in [-0.3, -0.25) is 0 Å². The van der Waals surface area contributed by atoms with Crippen LogP contribution in [0.5, 0.6) is 0 Å². The number of urea groups is 1. The predicted octanol–water partition coefficient (Wildman–Crippen LogP) is 2.51. The molecule has 18 heavy (non-hydrogen) atoms. The summed E-state index contributed by atoms with van der Waals surface area (Å²) in [5, 5.41) is 14.3. The van der Waals surface area contributed by atoms with E-state index in [1.165, 1.54) is 0 Å². The van der Waals surface area contributed by atoms with Gasteiger partial charge < -0.3 is 15.7 Å². The SMILES string of the molecule is CCCCC(C)NC(=O)NC(CCCC)C(=O)O. The second-order valence-corrected chi connectivity index (χ2v) is 4.69. The van der Waals surface area contributed by atoms with Crippen molar-refractivity contribution in [1.29, 1.82) is 0 Å². The van der Waals surface area contributed by atoms with Crippen LogP contribution in [0.3, 0.4) is 0 Å². The van der Waals surface area contributed by atoms with Crippen molar-refractivity contribution in [1.82, 2.24) is 10.6 Å². The Labute approximate surface area is 109 Å². The minimum atomic E-state index is -0.972. The Morgan fingerprint density at radius 1 is 1.06 bits per heavy atom. The molecule has 2 atom stereocenters. The zero-order chi connectivity index (χ0) is 14.0. The lowest BCUT2D eigenvalue weighted by molar-refractivity contribution is -0.139. The average Bonchev–Trinajstić information content (AvgIpc) is 2.31. The molecular formula is C13H26N2O3. The molecule has 0 heterocycles. The molecule has 0 spiro atoms. The molecule has 0 rings (SSSR count). The Balaban J connectivity index is 4.04. The molecule has 5 nitrogen and oxygen atoms in total. The maximum Gasteiger partial charge on any atom is 0.326 e. The summed E-state index contributed by atoms with van der Waals surface area (Å²) in [7, 11) is 0. The number of aliphatic carboxylic acids is 1. The van der Waals surface area contributed by atoms with Crippen molar-refractivity contribution < 1.29 is 14.7 Å². The average molecular weight is 258 g/mol. The number of carboxylic acids is 1. The molecule has 0 saturated carbocycles. The first-order valence-electron chi connectivity index (χ1n) is 6.81. The quantitative estimate of drug-likeness (QED) is 0.594. The van der Waals surface area contributed by atoms with Crippen LogP contribution in [0.25, 0.3) is 0 Å². The van der Waals surface area contributed by atoms with Gasteiger partial charge in [0.15, 0.2) is 0 Å². The highest BCUT2D eigenvalue weighted by molar-refractivity contribution is 5.82. The Morgan fingerprint density at radius 2 is 1.61 bits per heavy atom. The van der Waals surface area contributed by atoms with Gasteiger partial charge in [-0.1, -0.05) is 39.5 Å². The van der Waals surface area contributed by atoms with E-state index in [2.05, 4.69) is 17.6 Å². The summed E-state index contributed by atoms with van der Waals surface area (Å²) in [6.07, 6.45) is 5.24. The smallest absolute Gasteiger partial charge is 0.326 e. The largest absolute Gasteiger partial charge is 0.480 e. The Bertz CT molecular complexity index is 257. The van der Waals surface area contributed by atoms with Gasteiger partial charge in [-0.15, -0.1) is 0 Å². The number of unbranched alkanes of at least 4 members (excludes halogenated alkanes) is 2. The van der Waals surface area contributed by atoms with Crippen molar-refractivity contribution in [3.63, 3.8) is 0 Å². The summed E-state index contributed by atoms with van der Waals surface area (Å²) in [5.74, 6) is -0.972. The highest BCUT2D eigenvalue weighted by Crippen LogP contribution is 2.02. The third-order valence-corrected chi connectivity index (χ3v) is 2.82. The van der Waals surface area contributed by atoms with E-state index in [1.54, 1.807) is 0 Å². The van der Waals surface area contributed by atoms with Crippen LogP contribution < -0.4 is 10.6 Å². The number of carbonyl (C=O) groups excluding carboxylic acids is 1. The van der Waals surface area contributed by atoms with Crippen molar-refractivity contribution in [3.05, 3.63) is 0 Å². The van der Waals surface area contributed by atoms with Gasteiger partial charge in [0.1, 0.15) is 6.04 Å². The van der Waals surface area contributed by atoms with Gasteiger partial charge >= 0.3 is 12.0 Å². The van der Waals surface area contributed by atoms with Crippen LogP contribution in [-0.2, 0) is 4.79 Å². The number of rotatable bonds is 9. The summed E-state index contributed by atoms with van der Waals surface area (Å²) in [5.41, 5.74) is 0. The van der Waals surface area contributed by atoms with Gasteiger partial charge in [-0.2, -0.15) is 0 Å². The molecule has 0 aliphatic rings. The molecule has 0 saturated heterocycles. The highest BCUT2D eigenvalue weighted by Gasteiger charge is 2.19. The number of hydrogen-bond donors (Lipinski definition) is 3. The van der Waals surface area contributed by atoms with E-state index in [-0.39, 0.29) is 12.1 Å². The second kappa shape index (κ2) is 9.74. The minimum absolute atomic E-state index is 0.0746. The topological polar surface area (TPSA) is 78.4 Å². The van der Waals surface area contributed by atoms with Crippen molar-refractivity contribution >= 4 is 12.0 Å². The van der Waals surface area contributed by atoms with Crippen LogP contribution in [0.15, 0.2) is 0 Å². The molecule has 0 fully saturated rings. The molecule has 0 bridgehead atoms. The fraction of sp³-hybridized carbons (Fsp3) is 0.846. The van der Waals surface area contributed by atoms with Crippen molar-refractivity contribution in [3.8, 4) is 0 Å². The van der Waals surface area contributed by atoms with E-state index in [1.807, 2.05) is 13.8 Å². The molecule has 0 aromatic carbocycles. The monoisotopic (exact) mass is 258 g/mol. The number of carbonyl (C=O) groups is 2. The molecule has 2 amide bonds. The van der Waals surface area contributed by atoms with Gasteiger partial charge in [0.05, 0.1) is 0 Å². The standard InChI is InChI=1S/C13H26N2O3/c1-4-6-8-10(3)14-13(18)15-11(12(16)17)9-7-5-2/h10-11H,4-9H2,1-3H3,(H,16,17)(H2,14,15,18). The molecule has 0 aromatic rings. The van der Waals surface area contributed by atoms with E-state index in [0.29, 0.717) is 6.42 Å². The minimum Gasteiger partial charge on any atom is -0.480 e. The van der Waals surface area contributed by atoms with Crippen LogP contribution in [0.2, 0.25) is 0 Å². The summed E-state index contributed by atoms with van der Waals surface area (Å²) >= 11 is 0. The van der Waals surface area contributed by atoms with Crippen molar-refractivity contribution in [2.45, 2.75) is 71.4 Å². The van der Waals surface area contributed by atoms with Gasteiger partial charge in [0.25, 0.3) is 0 Å². The van der Waals surface area contributed by atoms with Gasteiger partial charge in [-0.25, -0.2) is 9.59 Å². The van der Waals surface area contributed by atoms with E-state index in [0.717, 1.165) is 32.1 Å². The van der Waals surface area contributed by atoms with Crippen LogP contribution in [0.1, 0.15) is 59.3 Å². The summed E-state index contributed by atoms with van der Waals surface area (Å²) in [4.78, 5) is 22.6. The van der Waals surface area contributed by atoms with Crippen LogP contribution in [0, 0.1) is 0 Å². The number of carboxylic acid groups (broad SMARTS) is 1. The summed E-state index contributed by atoms with van der Waals surface area (Å²) in [6, 6.07) is -1.10. The zero-order valence-electron chi connectivity index (χ0n) is 11.7. The van der Waals surface area contributed by atoms with E-state index in [4.69, 9.17) is 5.11 Å². The fourth-order valence-electron chi connectivity index (χ4n) is 1.67. The van der Waals surface area contributed by atoms with Crippen LogP contribution in [0.4, 0.5) is 4.79 Å². The Kier molecular flexibility index (Phi) is 9.06. The molecular weight excluding hydrogens is 232 g/mol. The highest BCUT2D eigenvalue weighted by atomic mass is 16.4. The Hall–Kier alpha value is -1.26. The normalized spacial score (nSPS) is 13.7. The van der Waals surface area contributed by atoms with E-state index >= 15 is 0 Å². The summed E-state index contributed by atoms with van der Waals surface area (Å²) in [6.45, 7) is 6.01. The Morgan fingerprint density at radius 3 is 2.11 bits per heavy atom. The van der Waals surface area contributed by atoms with Crippen molar-refractivity contribution in [2.75, 3.05) is 0 Å². The number of amides is 2. The molecule has 3 N–H and O–H groups in total. The maximum atomic E-state index is 11.6.